The van der Waals surface area contributed by atoms with Gasteiger partial charge in [-0.1, -0.05) is 31.5 Å². The fourth-order valence-corrected chi connectivity index (χ4v) is 5.38. The first-order valence-electron chi connectivity index (χ1n) is 12.9. The molecule has 37 heavy (non-hydrogen) atoms. The Morgan fingerprint density at radius 1 is 1.19 bits per heavy atom. The van der Waals surface area contributed by atoms with E-state index in [9.17, 15) is 9.59 Å². The lowest BCUT2D eigenvalue weighted by Gasteiger charge is -2.48. The van der Waals surface area contributed by atoms with Gasteiger partial charge in [0.05, 0.1) is 11.2 Å². The third-order valence-corrected chi connectivity index (χ3v) is 7.28. The van der Waals surface area contributed by atoms with Gasteiger partial charge in [0, 0.05) is 35.2 Å². The van der Waals surface area contributed by atoms with Crippen LogP contribution in [-0.4, -0.2) is 46.2 Å². The second kappa shape index (κ2) is 11.7. The van der Waals surface area contributed by atoms with E-state index >= 15 is 0 Å². The van der Waals surface area contributed by atoms with Crippen LogP contribution in [0, 0.1) is 12.8 Å². The molecule has 3 aromatic rings. The minimum absolute atomic E-state index is 0.0823. The Labute approximate surface area is 218 Å². The molecule has 8 nitrogen and oxygen atoms in total. The van der Waals surface area contributed by atoms with Crippen LogP contribution in [0.4, 0.5) is 0 Å². The molecule has 2 amide bonds. The number of ether oxygens (including phenoxy) is 1. The van der Waals surface area contributed by atoms with Gasteiger partial charge in [-0.15, -0.1) is 0 Å². The van der Waals surface area contributed by atoms with Crippen molar-refractivity contribution in [3.63, 3.8) is 0 Å². The van der Waals surface area contributed by atoms with Crippen LogP contribution in [0.25, 0.3) is 10.9 Å². The molecule has 1 saturated heterocycles. The van der Waals surface area contributed by atoms with Gasteiger partial charge in [-0.2, -0.15) is 0 Å². The van der Waals surface area contributed by atoms with Crippen LogP contribution in [0.1, 0.15) is 60.6 Å². The molecule has 1 aliphatic rings. The van der Waals surface area contributed by atoms with Gasteiger partial charge in [-0.3, -0.25) is 24.7 Å². The monoisotopic (exact) mass is 504 g/mol. The fourth-order valence-electron chi connectivity index (χ4n) is 5.38. The van der Waals surface area contributed by atoms with Gasteiger partial charge in [0.25, 0.3) is 5.91 Å². The lowest BCUT2D eigenvalue weighted by atomic mass is 9.81. The average molecular weight is 505 g/mol. The number of pyridine rings is 1. The van der Waals surface area contributed by atoms with Crippen LogP contribution in [0.3, 0.4) is 0 Å². The summed E-state index contributed by atoms with van der Waals surface area (Å²) >= 11 is 0. The molecule has 1 aliphatic heterocycles. The first-order chi connectivity index (χ1) is 17.8. The number of hydrogen-bond donors (Lipinski definition) is 3. The smallest absolute Gasteiger partial charge is 0.252 e. The number of likely N-dealkylation sites (tertiary alicyclic amines) is 1. The van der Waals surface area contributed by atoms with Crippen LogP contribution in [0.5, 0.6) is 5.75 Å². The van der Waals surface area contributed by atoms with Gasteiger partial charge in [-0.05, 0) is 75.5 Å². The number of amides is 2. The number of fused-ring (bicyclic) bond motifs is 1. The first-order valence-corrected chi connectivity index (χ1v) is 12.9. The van der Waals surface area contributed by atoms with Gasteiger partial charge >= 0.3 is 0 Å². The number of hydroxylamine groups is 1. The van der Waals surface area contributed by atoms with E-state index in [0.717, 1.165) is 48.0 Å². The highest BCUT2D eigenvalue weighted by atomic mass is 16.5. The third kappa shape index (κ3) is 6.26. The molecule has 2 atom stereocenters. The Kier molecular flexibility index (Phi) is 8.41. The number of hydrogen-bond acceptors (Lipinski definition) is 6. The number of piperidine rings is 1. The number of carbonyl (C=O) groups excluding carboxylic acids is 2. The van der Waals surface area contributed by atoms with Gasteiger partial charge < -0.3 is 10.1 Å². The standard InChI is InChI=1S/C29H36N4O4/c1-4-14-29(18-21(13-15-33(29)3)17-27(34)32-36)31-28(35)22-9-11-24(12-10-22)37-19-23-16-20(2)30-26-8-6-5-7-25(23)26/h5-12,16,21,36H,4,13-15,17-19H2,1-3H3,(H,31,35)(H,32,34)/t21-,29-/m0/s1. The van der Waals surface area contributed by atoms with Crippen LogP contribution in [0.15, 0.2) is 54.6 Å². The number of benzene rings is 2. The Hall–Kier alpha value is -3.49. The van der Waals surface area contributed by atoms with Crippen molar-refractivity contribution in [2.24, 2.45) is 5.92 Å². The molecule has 4 rings (SSSR count). The summed E-state index contributed by atoms with van der Waals surface area (Å²) in [5.41, 5.74) is 4.70. The molecule has 0 aliphatic carbocycles. The van der Waals surface area contributed by atoms with Gasteiger partial charge in [0.2, 0.25) is 5.91 Å². The molecule has 0 spiro atoms. The van der Waals surface area contributed by atoms with Crippen LogP contribution < -0.4 is 15.5 Å². The zero-order chi connectivity index (χ0) is 26.4. The average Bonchev–Trinajstić information content (AvgIpc) is 2.89. The summed E-state index contributed by atoms with van der Waals surface area (Å²) in [6.45, 7) is 5.23. The molecule has 0 saturated carbocycles. The molecule has 196 valence electrons. The van der Waals surface area contributed by atoms with Gasteiger partial charge in [-0.25, -0.2) is 5.48 Å². The molecule has 2 aromatic carbocycles. The minimum Gasteiger partial charge on any atom is -0.489 e. The first kappa shape index (κ1) is 26.6. The van der Waals surface area contributed by atoms with E-state index in [1.807, 2.05) is 56.4 Å². The maximum atomic E-state index is 13.3. The lowest BCUT2D eigenvalue weighted by Crippen LogP contribution is -2.62. The fraction of sp³-hybridized carbons (Fsp3) is 0.414. The number of para-hydroxylation sites is 1. The number of rotatable bonds is 9. The van der Waals surface area contributed by atoms with E-state index in [1.165, 1.54) is 0 Å². The summed E-state index contributed by atoms with van der Waals surface area (Å²) in [5.74, 6) is 0.216. The van der Waals surface area contributed by atoms with Crippen molar-refractivity contribution in [3.05, 3.63) is 71.4 Å². The van der Waals surface area contributed by atoms with Crippen LogP contribution >= 0.6 is 0 Å². The molecular weight excluding hydrogens is 468 g/mol. The van der Waals surface area contributed by atoms with Crippen molar-refractivity contribution in [1.29, 1.82) is 0 Å². The molecule has 3 N–H and O–H groups in total. The van der Waals surface area contributed by atoms with Crippen molar-refractivity contribution in [1.82, 2.24) is 20.7 Å². The number of carbonyl (C=O) groups is 2. The third-order valence-electron chi connectivity index (χ3n) is 7.28. The second-order valence-electron chi connectivity index (χ2n) is 10.0. The summed E-state index contributed by atoms with van der Waals surface area (Å²) in [6, 6.07) is 17.2. The zero-order valence-corrected chi connectivity index (χ0v) is 21.8. The summed E-state index contributed by atoms with van der Waals surface area (Å²) in [5, 5.41) is 13.3. The maximum Gasteiger partial charge on any atom is 0.252 e. The number of aryl methyl sites for hydroxylation is 1. The molecule has 0 radical (unpaired) electrons. The second-order valence-corrected chi connectivity index (χ2v) is 10.0. The maximum absolute atomic E-state index is 13.3. The molecule has 1 fully saturated rings. The van der Waals surface area contributed by atoms with Crippen molar-refractivity contribution < 1.29 is 19.5 Å². The highest BCUT2D eigenvalue weighted by Crippen LogP contribution is 2.34. The molecule has 2 heterocycles. The summed E-state index contributed by atoms with van der Waals surface area (Å²) in [4.78, 5) is 31.8. The quantitative estimate of drug-likeness (QED) is 0.291. The number of nitrogens with zero attached hydrogens (tertiary/aromatic N) is 2. The SMILES string of the molecule is CCC[C@@]1(NC(=O)c2ccc(OCc3cc(C)nc4ccccc34)cc2)C[C@H](CC(=O)NO)CCN1C. The summed E-state index contributed by atoms with van der Waals surface area (Å²) < 4.78 is 6.05. The largest absolute Gasteiger partial charge is 0.489 e. The van der Waals surface area contributed by atoms with Crippen molar-refractivity contribution in [3.8, 4) is 5.75 Å². The van der Waals surface area contributed by atoms with Crippen molar-refractivity contribution in [2.45, 2.75) is 58.2 Å². The Morgan fingerprint density at radius 2 is 1.95 bits per heavy atom. The predicted molar refractivity (Wildman–Crippen MR) is 142 cm³/mol. The zero-order valence-electron chi connectivity index (χ0n) is 21.8. The van der Waals surface area contributed by atoms with Crippen molar-refractivity contribution >= 4 is 22.7 Å². The van der Waals surface area contributed by atoms with Gasteiger partial charge in [0.15, 0.2) is 0 Å². The van der Waals surface area contributed by atoms with Crippen LogP contribution in [0.2, 0.25) is 0 Å². The van der Waals surface area contributed by atoms with Crippen LogP contribution in [-0.2, 0) is 11.4 Å². The Morgan fingerprint density at radius 3 is 2.68 bits per heavy atom. The van der Waals surface area contributed by atoms with Gasteiger partial charge in [0.1, 0.15) is 12.4 Å². The van der Waals surface area contributed by atoms with E-state index in [0.29, 0.717) is 24.3 Å². The minimum atomic E-state index is -0.542. The highest BCUT2D eigenvalue weighted by molar-refractivity contribution is 5.94. The summed E-state index contributed by atoms with van der Waals surface area (Å²) in [7, 11) is 2.01. The van der Waals surface area contributed by atoms with E-state index in [4.69, 9.17) is 9.94 Å². The Bertz CT molecular complexity index is 1250. The molecule has 8 heteroatoms. The van der Waals surface area contributed by atoms with E-state index in [2.05, 4.69) is 22.1 Å². The topological polar surface area (TPSA) is 104 Å². The molecule has 0 bridgehead atoms. The lowest BCUT2D eigenvalue weighted by molar-refractivity contribution is -0.131. The molecule has 0 unspecified atom stereocenters. The van der Waals surface area contributed by atoms with E-state index < -0.39 is 11.6 Å². The molecular formula is C29H36N4O4. The molecule has 1 aromatic heterocycles. The number of nitrogens with one attached hydrogen (secondary N) is 2. The predicted octanol–water partition coefficient (Wildman–Crippen LogP) is 4.59. The number of aromatic nitrogens is 1. The Balaban J connectivity index is 1.44. The van der Waals surface area contributed by atoms with E-state index in [-0.39, 0.29) is 18.2 Å². The van der Waals surface area contributed by atoms with Crippen molar-refractivity contribution in [2.75, 3.05) is 13.6 Å². The summed E-state index contributed by atoms with van der Waals surface area (Å²) in [6.07, 6.45) is 3.39. The van der Waals surface area contributed by atoms with E-state index in [1.54, 1.807) is 17.6 Å². The normalized spacial score (nSPS) is 19.9. The highest BCUT2D eigenvalue weighted by Gasteiger charge is 2.41.